The highest BCUT2D eigenvalue weighted by molar-refractivity contribution is 7.10. The molecule has 1 aromatic heterocycles. The van der Waals surface area contributed by atoms with E-state index < -0.39 is 0 Å². The molecule has 2 fully saturated rings. The van der Waals surface area contributed by atoms with Gasteiger partial charge in [0.25, 0.3) is 0 Å². The standard InChI is InChI=1S/C21H25N3O2S/c1-14-4-6-16(7-5-14)24-19(25)9-8-17(20(24)18-3-2-10-27-18)21(26)23-13-15-11-22-12-15/h2-7,10,15,17,20,22H,8-9,11-13H2,1H3,(H,23,26). The molecule has 27 heavy (non-hydrogen) atoms. The van der Waals surface area contributed by atoms with E-state index in [0.717, 1.165) is 29.2 Å². The third kappa shape index (κ3) is 3.77. The Balaban J connectivity index is 1.62. The number of carbonyl (C=O) groups is 2. The zero-order valence-corrected chi connectivity index (χ0v) is 16.3. The second-order valence-corrected chi connectivity index (χ2v) is 8.45. The molecule has 6 heteroatoms. The van der Waals surface area contributed by atoms with Crippen molar-refractivity contribution in [2.75, 3.05) is 24.5 Å². The summed E-state index contributed by atoms with van der Waals surface area (Å²) in [6.45, 7) is 4.67. The lowest BCUT2D eigenvalue weighted by Gasteiger charge is -2.40. The summed E-state index contributed by atoms with van der Waals surface area (Å²) in [7, 11) is 0. The number of nitrogens with zero attached hydrogens (tertiary/aromatic N) is 1. The van der Waals surface area contributed by atoms with Gasteiger partial charge in [-0.05, 0) is 36.9 Å². The summed E-state index contributed by atoms with van der Waals surface area (Å²) in [5.41, 5.74) is 2.02. The highest BCUT2D eigenvalue weighted by Gasteiger charge is 2.42. The van der Waals surface area contributed by atoms with E-state index in [4.69, 9.17) is 0 Å². The number of carbonyl (C=O) groups excluding carboxylic acids is 2. The van der Waals surface area contributed by atoms with Gasteiger partial charge in [0.1, 0.15) is 0 Å². The summed E-state index contributed by atoms with van der Waals surface area (Å²) in [6.07, 6.45) is 0.997. The van der Waals surface area contributed by atoms with E-state index in [9.17, 15) is 9.59 Å². The van der Waals surface area contributed by atoms with Crippen molar-refractivity contribution in [3.05, 3.63) is 52.2 Å². The predicted octanol–water partition coefficient (Wildman–Crippen LogP) is 2.88. The first kappa shape index (κ1) is 18.2. The molecule has 2 aromatic rings. The number of nitrogens with one attached hydrogen (secondary N) is 2. The van der Waals surface area contributed by atoms with Crippen molar-refractivity contribution in [2.45, 2.75) is 25.8 Å². The van der Waals surface area contributed by atoms with Crippen LogP contribution in [0.15, 0.2) is 41.8 Å². The Bertz CT molecular complexity index is 799. The Labute approximate surface area is 163 Å². The van der Waals surface area contributed by atoms with Crippen molar-refractivity contribution in [1.29, 1.82) is 0 Å². The molecule has 1 aromatic carbocycles. The first-order valence-corrected chi connectivity index (χ1v) is 10.4. The molecule has 3 heterocycles. The fourth-order valence-corrected chi connectivity index (χ4v) is 4.71. The molecule has 142 valence electrons. The maximum atomic E-state index is 13.0. The van der Waals surface area contributed by atoms with Crippen LogP contribution in [0.25, 0.3) is 0 Å². The van der Waals surface area contributed by atoms with Crippen LogP contribution >= 0.6 is 11.3 Å². The van der Waals surface area contributed by atoms with Gasteiger partial charge >= 0.3 is 0 Å². The van der Waals surface area contributed by atoms with Crippen LogP contribution in [-0.2, 0) is 9.59 Å². The Hall–Kier alpha value is -2.18. The minimum atomic E-state index is -0.242. The van der Waals surface area contributed by atoms with E-state index in [1.807, 2.05) is 53.6 Å². The molecule has 2 atom stereocenters. The number of hydrogen-bond donors (Lipinski definition) is 2. The van der Waals surface area contributed by atoms with Crippen molar-refractivity contribution in [1.82, 2.24) is 10.6 Å². The molecule has 2 amide bonds. The second kappa shape index (κ2) is 7.82. The summed E-state index contributed by atoms with van der Waals surface area (Å²) < 4.78 is 0. The predicted molar refractivity (Wildman–Crippen MR) is 108 cm³/mol. The van der Waals surface area contributed by atoms with Crippen LogP contribution in [0.3, 0.4) is 0 Å². The van der Waals surface area contributed by atoms with Gasteiger partial charge in [-0.2, -0.15) is 0 Å². The third-order valence-electron chi connectivity index (χ3n) is 5.51. The largest absolute Gasteiger partial charge is 0.355 e. The van der Waals surface area contributed by atoms with Gasteiger partial charge in [0.05, 0.1) is 12.0 Å². The maximum absolute atomic E-state index is 13.0. The monoisotopic (exact) mass is 383 g/mol. The first-order chi connectivity index (χ1) is 13.1. The summed E-state index contributed by atoms with van der Waals surface area (Å²) in [5, 5.41) is 8.37. The maximum Gasteiger partial charge on any atom is 0.227 e. The molecule has 0 spiro atoms. The summed E-state index contributed by atoms with van der Waals surface area (Å²) in [4.78, 5) is 28.8. The minimum absolute atomic E-state index is 0.0601. The number of piperidine rings is 1. The Morgan fingerprint density at radius 3 is 2.67 bits per heavy atom. The number of anilines is 1. The Morgan fingerprint density at radius 1 is 1.26 bits per heavy atom. The van der Waals surface area contributed by atoms with E-state index in [2.05, 4.69) is 10.6 Å². The van der Waals surface area contributed by atoms with Crippen LogP contribution in [0, 0.1) is 18.8 Å². The van der Waals surface area contributed by atoms with Gasteiger partial charge in [-0.3, -0.25) is 9.59 Å². The lowest BCUT2D eigenvalue weighted by atomic mass is 9.86. The topological polar surface area (TPSA) is 61.4 Å². The van der Waals surface area contributed by atoms with Crippen molar-refractivity contribution in [3.63, 3.8) is 0 Å². The summed E-state index contributed by atoms with van der Waals surface area (Å²) in [6, 6.07) is 11.8. The average molecular weight is 384 g/mol. The van der Waals surface area contributed by atoms with Crippen molar-refractivity contribution < 1.29 is 9.59 Å². The average Bonchev–Trinajstić information content (AvgIpc) is 3.15. The molecule has 2 aliphatic heterocycles. The van der Waals surface area contributed by atoms with Gasteiger partial charge in [0.15, 0.2) is 0 Å². The Morgan fingerprint density at radius 2 is 2.04 bits per heavy atom. The van der Waals surface area contributed by atoms with Crippen molar-refractivity contribution in [2.24, 2.45) is 11.8 Å². The van der Waals surface area contributed by atoms with Crippen LogP contribution < -0.4 is 15.5 Å². The normalized spacial score (nSPS) is 23.1. The van der Waals surface area contributed by atoms with Gasteiger partial charge in [-0.15, -0.1) is 11.3 Å². The first-order valence-electron chi connectivity index (χ1n) is 9.54. The highest BCUT2D eigenvalue weighted by atomic mass is 32.1. The molecule has 5 nitrogen and oxygen atoms in total. The van der Waals surface area contributed by atoms with Crippen LogP contribution in [0.2, 0.25) is 0 Å². The second-order valence-electron chi connectivity index (χ2n) is 7.47. The number of hydrogen-bond acceptors (Lipinski definition) is 4. The van der Waals surface area contributed by atoms with Gasteiger partial charge in [0, 0.05) is 42.5 Å². The number of amides is 2. The molecular formula is C21H25N3O2S. The molecule has 4 rings (SSSR count). The number of aryl methyl sites for hydroxylation is 1. The quantitative estimate of drug-likeness (QED) is 0.835. The molecule has 0 radical (unpaired) electrons. The number of benzene rings is 1. The van der Waals surface area contributed by atoms with Crippen LogP contribution in [-0.4, -0.2) is 31.4 Å². The molecule has 2 unspecified atom stereocenters. The number of thiophene rings is 1. The fourth-order valence-electron chi connectivity index (χ4n) is 3.83. The molecule has 0 saturated carbocycles. The Kier molecular flexibility index (Phi) is 5.27. The van der Waals surface area contributed by atoms with Crippen LogP contribution in [0.5, 0.6) is 0 Å². The van der Waals surface area contributed by atoms with E-state index in [1.54, 1.807) is 11.3 Å². The third-order valence-corrected chi connectivity index (χ3v) is 6.45. The smallest absolute Gasteiger partial charge is 0.227 e. The van der Waals surface area contributed by atoms with E-state index in [1.165, 1.54) is 0 Å². The van der Waals surface area contributed by atoms with Gasteiger partial charge in [0.2, 0.25) is 11.8 Å². The fraction of sp³-hybridized carbons (Fsp3) is 0.429. The lowest BCUT2D eigenvalue weighted by molar-refractivity contribution is -0.129. The molecule has 0 aliphatic carbocycles. The van der Waals surface area contributed by atoms with Crippen molar-refractivity contribution >= 4 is 28.8 Å². The summed E-state index contributed by atoms with van der Waals surface area (Å²) in [5.74, 6) is 0.442. The SMILES string of the molecule is Cc1ccc(N2C(=O)CCC(C(=O)NCC3CNC3)C2c2cccs2)cc1. The molecule has 2 aliphatic rings. The molecule has 0 bridgehead atoms. The van der Waals surface area contributed by atoms with E-state index in [0.29, 0.717) is 25.3 Å². The van der Waals surface area contributed by atoms with Gasteiger partial charge in [-0.25, -0.2) is 0 Å². The zero-order valence-electron chi connectivity index (χ0n) is 15.5. The lowest BCUT2D eigenvalue weighted by Crippen LogP contribution is -2.52. The zero-order chi connectivity index (χ0) is 18.8. The van der Waals surface area contributed by atoms with E-state index in [-0.39, 0.29) is 23.8 Å². The van der Waals surface area contributed by atoms with Crippen molar-refractivity contribution in [3.8, 4) is 0 Å². The van der Waals surface area contributed by atoms with Gasteiger partial charge < -0.3 is 15.5 Å². The number of rotatable bonds is 5. The molecular weight excluding hydrogens is 358 g/mol. The molecule has 2 N–H and O–H groups in total. The summed E-state index contributed by atoms with van der Waals surface area (Å²) >= 11 is 1.61. The van der Waals surface area contributed by atoms with Gasteiger partial charge in [-0.1, -0.05) is 23.8 Å². The molecule has 2 saturated heterocycles. The van der Waals surface area contributed by atoms with E-state index >= 15 is 0 Å². The van der Waals surface area contributed by atoms with Crippen LogP contribution in [0.4, 0.5) is 5.69 Å². The highest BCUT2D eigenvalue weighted by Crippen LogP contribution is 2.41. The minimum Gasteiger partial charge on any atom is -0.355 e. The van der Waals surface area contributed by atoms with Crippen LogP contribution in [0.1, 0.15) is 29.3 Å².